The molecule has 2 rings (SSSR count). The highest BCUT2D eigenvalue weighted by molar-refractivity contribution is 6.31. The molecule has 0 radical (unpaired) electrons. The molecule has 0 aliphatic rings. The standard InChI is InChI=1S/C11H12ClN5O/c12-7-1-2-10(17-13)9(3-7)11(18)15-5-8-4-14-6-16-8/h1-4,6,17H,5,13H2,(H,14,16)(H,15,18). The minimum absolute atomic E-state index is 0.264. The van der Waals surface area contributed by atoms with Gasteiger partial charge < -0.3 is 15.7 Å². The highest BCUT2D eigenvalue weighted by Crippen LogP contribution is 2.19. The van der Waals surface area contributed by atoms with Crippen molar-refractivity contribution >= 4 is 23.2 Å². The van der Waals surface area contributed by atoms with Crippen LogP contribution >= 0.6 is 11.6 Å². The number of carbonyl (C=O) groups is 1. The van der Waals surface area contributed by atoms with Gasteiger partial charge in [-0.1, -0.05) is 11.6 Å². The summed E-state index contributed by atoms with van der Waals surface area (Å²) in [7, 11) is 0. The fourth-order valence-electron chi connectivity index (χ4n) is 1.48. The molecule has 94 valence electrons. The Labute approximate surface area is 109 Å². The van der Waals surface area contributed by atoms with Crippen LogP contribution in [0.1, 0.15) is 16.1 Å². The predicted octanol–water partition coefficient (Wildman–Crippen LogP) is 1.28. The minimum Gasteiger partial charge on any atom is -0.347 e. The van der Waals surface area contributed by atoms with Gasteiger partial charge in [0, 0.05) is 11.2 Å². The van der Waals surface area contributed by atoms with Gasteiger partial charge in [0.2, 0.25) is 0 Å². The average Bonchev–Trinajstić information content (AvgIpc) is 2.89. The molecule has 18 heavy (non-hydrogen) atoms. The molecule has 5 N–H and O–H groups in total. The van der Waals surface area contributed by atoms with Gasteiger partial charge in [-0.3, -0.25) is 10.6 Å². The highest BCUT2D eigenvalue weighted by Gasteiger charge is 2.11. The van der Waals surface area contributed by atoms with Crippen LogP contribution in [-0.2, 0) is 6.54 Å². The number of nitrogen functional groups attached to an aromatic ring is 1. The van der Waals surface area contributed by atoms with Crippen molar-refractivity contribution < 1.29 is 4.79 Å². The lowest BCUT2D eigenvalue weighted by molar-refractivity contribution is 0.0951. The van der Waals surface area contributed by atoms with Crippen LogP contribution in [0.5, 0.6) is 0 Å². The van der Waals surface area contributed by atoms with E-state index in [4.69, 9.17) is 17.4 Å². The summed E-state index contributed by atoms with van der Waals surface area (Å²) in [4.78, 5) is 18.7. The van der Waals surface area contributed by atoms with Crippen LogP contribution in [0.15, 0.2) is 30.7 Å². The number of imidazole rings is 1. The largest absolute Gasteiger partial charge is 0.347 e. The van der Waals surface area contributed by atoms with Gasteiger partial charge in [0.1, 0.15) is 0 Å². The lowest BCUT2D eigenvalue weighted by Crippen LogP contribution is -2.25. The molecule has 0 spiro atoms. The second kappa shape index (κ2) is 5.52. The number of aromatic nitrogens is 2. The number of nitrogens with one attached hydrogen (secondary N) is 3. The summed E-state index contributed by atoms with van der Waals surface area (Å²) in [5.74, 6) is 5.08. The number of benzene rings is 1. The van der Waals surface area contributed by atoms with Crippen LogP contribution in [0.25, 0.3) is 0 Å². The number of nitrogens with two attached hydrogens (primary N) is 1. The highest BCUT2D eigenvalue weighted by atomic mass is 35.5. The van der Waals surface area contributed by atoms with E-state index in [1.807, 2.05) is 0 Å². The van der Waals surface area contributed by atoms with E-state index in [-0.39, 0.29) is 5.91 Å². The fraction of sp³-hybridized carbons (Fsp3) is 0.0909. The van der Waals surface area contributed by atoms with Crippen LogP contribution in [0.2, 0.25) is 5.02 Å². The Hall–Kier alpha value is -2.05. The first kappa shape index (κ1) is 12.4. The molecular weight excluding hydrogens is 254 g/mol. The van der Waals surface area contributed by atoms with Gasteiger partial charge in [0.05, 0.1) is 29.8 Å². The minimum atomic E-state index is -0.264. The van der Waals surface area contributed by atoms with E-state index >= 15 is 0 Å². The maximum Gasteiger partial charge on any atom is 0.253 e. The van der Waals surface area contributed by atoms with E-state index < -0.39 is 0 Å². The summed E-state index contributed by atoms with van der Waals surface area (Å²) in [6, 6.07) is 4.86. The van der Waals surface area contributed by atoms with Crippen molar-refractivity contribution in [1.29, 1.82) is 0 Å². The molecule has 0 fully saturated rings. The molecule has 0 saturated carbocycles. The number of hydrazine groups is 1. The zero-order chi connectivity index (χ0) is 13.0. The second-order valence-electron chi connectivity index (χ2n) is 3.59. The van der Waals surface area contributed by atoms with Crippen molar-refractivity contribution in [1.82, 2.24) is 15.3 Å². The quantitative estimate of drug-likeness (QED) is 0.495. The third kappa shape index (κ3) is 2.79. The normalized spacial score (nSPS) is 10.1. The van der Waals surface area contributed by atoms with Gasteiger partial charge in [-0.2, -0.15) is 0 Å². The summed E-state index contributed by atoms with van der Waals surface area (Å²) < 4.78 is 0. The van der Waals surface area contributed by atoms with E-state index in [0.29, 0.717) is 22.8 Å². The van der Waals surface area contributed by atoms with Crippen molar-refractivity contribution in [2.45, 2.75) is 6.54 Å². The molecular formula is C11H12ClN5O. The lowest BCUT2D eigenvalue weighted by Gasteiger charge is -2.09. The SMILES string of the molecule is NNc1ccc(Cl)cc1C(=O)NCc1cnc[nH]1. The van der Waals surface area contributed by atoms with Gasteiger partial charge in [-0.05, 0) is 18.2 Å². The molecule has 6 nitrogen and oxygen atoms in total. The van der Waals surface area contributed by atoms with Gasteiger partial charge in [0.25, 0.3) is 5.91 Å². The summed E-state index contributed by atoms with van der Waals surface area (Å²) >= 11 is 5.85. The summed E-state index contributed by atoms with van der Waals surface area (Å²) in [5.41, 5.74) is 4.18. The number of halogens is 1. The number of hydrogen-bond acceptors (Lipinski definition) is 4. The first-order valence-corrected chi connectivity index (χ1v) is 5.60. The third-order valence-corrected chi connectivity index (χ3v) is 2.61. The van der Waals surface area contributed by atoms with Gasteiger partial charge in [-0.15, -0.1) is 0 Å². The van der Waals surface area contributed by atoms with Crippen molar-refractivity contribution in [3.05, 3.63) is 47.0 Å². The Morgan fingerprint density at radius 1 is 1.50 bits per heavy atom. The van der Waals surface area contributed by atoms with Crippen LogP contribution in [0.4, 0.5) is 5.69 Å². The number of H-pyrrole nitrogens is 1. The van der Waals surface area contributed by atoms with Crippen molar-refractivity contribution in [2.24, 2.45) is 5.84 Å². The molecule has 7 heteroatoms. The number of aromatic amines is 1. The fourth-order valence-corrected chi connectivity index (χ4v) is 1.65. The molecule has 1 aromatic heterocycles. The number of rotatable bonds is 4. The van der Waals surface area contributed by atoms with Gasteiger partial charge in [-0.25, -0.2) is 4.98 Å². The van der Waals surface area contributed by atoms with E-state index in [9.17, 15) is 4.79 Å². The molecule has 0 saturated heterocycles. The zero-order valence-corrected chi connectivity index (χ0v) is 10.2. The summed E-state index contributed by atoms with van der Waals surface area (Å²) in [6.45, 7) is 0.357. The molecule has 0 aliphatic heterocycles. The smallest absolute Gasteiger partial charge is 0.253 e. The van der Waals surface area contributed by atoms with Gasteiger partial charge >= 0.3 is 0 Å². The first-order chi connectivity index (χ1) is 8.70. The predicted molar refractivity (Wildman–Crippen MR) is 69.0 cm³/mol. The third-order valence-electron chi connectivity index (χ3n) is 2.38. The van der Waals surface area contributed by atoms with E-state index in [2.05, 4.69) is 20.7 Å². The Bertz CT molecular complexity index is 540. The van der Waals surface area contributed by atoms with E-state index in [1.165, 1.54) is 0 Å². The summed E-state index contributed by atoms with van der Waals surface area (Å²) in [6.07, 6.45) is 3.19. The lowest BCUT2D eigenvalue weighted by atomic mass is 10.1. The second-order valence-corrected chi connectivity index (χ2v) is 4.03. The summed E-state index contributed by atoms with van der Waals surface area (Å²) in [5, 5.41) is 3.21. The topological polar surface area (TPSA) is 95.8 Å². The Kier molecular flexibility index (Phi) is 3.81. The Morgan fingerprint density at radius 2 is 2.33 bits per heavy atom. The van der Waals surface area contributed by atoms with Gasteiger partial charge in [0.15, 0.2) is 0 Å². The molecule has 1 amide bonds. The van der Waals surface area contributed by atoms with Crippen molar-refractivity contribution in [3.8, 4) is 0 Å². The number of amides is 1. The number of hydrogen-bond donors (Lipinski definition) is 4. The zero-order valence-electron chi connectivity index (χ0n) is 9.40. The number of nitrogens with zero attached hydrogens (tertiary/aromatic N) is 1. The molecule has 0 unspecified atom stereocenters. The average molecular weight is 266 g/mol. The Balaban J connectivity index is 2.10. The van der Waals surface area contributed by atoms with Crippen LogP contribution in [-0.4, -0.2) is 15.9 Å². The maximum absolute atomic E-state index is 12.0. The molecule has 0 aliphatic carbocycles. The number of anilines is 1. The van der Waals surface area contributed by atoms with E-state index in [0.717, 1.165) is 5.69 Å². The van der Waals surface area contributed by atoms with Crippen LogP contribution in [0, 0.1) is 0 Å². The van der Waals surface area contributed by atoms with Crippen molar-refractivity contribution in [3.63, 3.8) is 0 Å². The maximum atomic E-state index is 12.0. The molecule has 0 bridgehead atoms. The number of carbonyl (C=O) groups excluding carboxylic acids is 1. The Morgan fingerprint density at radius 3 is 3.00 bits per heavy atom. The monoisotopic (exact) mass is 265 g/mol. The molecule has 1 aromatic carbocycles. The van der Waals surface area contributed by atoms with Crippen molar-refractivity contribution in [2.75, 3.05) is 5.43 Å². The molecule has 1 heterocycles. The molecule has 0 atom stereocenters. The molecule has 2 aromatic rings. The van der Waals surface area contributed by atoms with Crippen LogP contribution in [0.3, 0.4) is 0 Å². The first-order valence-electron chi connectivity index (χ1n) is 5.22. The van der Waals surface area contributed by atoms with E-state index in [1.54, 1.807) is 30.7 Å². The van der Waals surface area contributed by atoms with Crippen LogP contribution < -0.4 is 16.6 Å².